The molecule has 1 unspecified atom stereocenters. The second-order valence-electron chi connectivity index (χ2n) is 4.96. The zero-order valence-electron chi connectivity index (χ0n) is 11.5. The number of rotatable bonds is 2. The van der Waals surface area contributed by atoms with Gasteiger partial charge in [-0.05, 0) is 25.0 Å². The molecule has 1 atom stereocenters. The second kappa shape index (κ2) is 5.48. The van der Waals surface area contributed by atoms with Gasteiger partial charge in [-0.3, -0.25) is 4.79 Å². The molecule has 0 amide bonds. The van der Waals surface area contributed by atoms with E-state index in [2.05, 4.69) is 4.98 Å². The average Bonchev–Trinajstić information content (AvgIpc) is 2.84. The molecule has 0 aliphatic carbocycles. The number of nitrogens with zero attached hydrogens (tertiary/aromatic N) is 2. The number of esters is 1. The van der Waals surface area contributed by atoms with Crippen LogP contribution in [0.2, 0.25) is 5.15 Å². The lowest BCUT2D eigenvalue weighted by Gasteiger charge is -2.23. The van der Waals surface area contributed by atoms with Gasteiger partial charge in [-0.1, -0.05) is 23.7 Å². The summed E-state index contributed by atoms with van der Waals surface area (Å²) in [6, 6.07) is 6.40. The molecule has 0 N–H and O–H groups in total. The van der Waals surface area contributed by atoms with Crippen molar-refractivity contribution in [3.05, 3.63) is 40.9 Å². The molecule has 110 valence electrons. The number of ether oxygens (including phenoxy) is 1. The lowest BCUT2D eigenvalue weighted by molar-refractivity contribution is -0.143. The van der Waals surface area contributed by atoms with Crippen LogP contribution in [-0.4, -0.2) is 22.6 Å². The smallest absolute Gasteiger partial charge is 0.314 e. The molecule has 0 spiro atoms. The molecule has 0 bridgehead atoms. The molecule has 2 aromatic rings. The summed E-state index contributed by atoms with van der Waals surface area (Å²) < 4.78 is 20.6. The molecular weight excluding hydrogens is 295 g/mol. The third kappa shape index (κ3) is 2.31. The van der Waals surface area contributed by atoms with Gasteiger partial charge in [0, 0.05) is 6.54 Å². The Hall–Kier alpha value is -1.88. The summed E-state index contributed by atoms with van der Waals surface area (Å²) in [6.07, 6.45) is 1.45. The van der Waals surface area contributed by atoms with Crippen LogP contribution in [0.4, 0.5) is 4.39 Å². The highest BCUT2D eigenvalue weighted by atomic mass is 35.5. The Bertz CT molecular complexity index is 699. The molecule has 0 radical (unpaired) electrons. The van der Waals surface area contributed by atoms with Crippen molar-refractivity contribution < 1.29 is 13.9 Å². The van der Waals surface area contributed by atoms with Crippen molar-refractivity contribution in [2.75, 3.05) is 7.11 Å². The highest BCUT2D eigenvalue weighted by Crippen LogP contribution is 2.37. The number of fused-ring (bicyclic) bond motifs is 1. The minimum absolute atomic E-state index is 0.239. The van der Waals surface area contributed by atoms with E-state index in [0.717, 1.165) is 6.42 Å². The van der Waals surface area contributed by atoms with Gasteiger partial charge in [0.15, 0.2) is 5.15 Å². The molecule has 21 heavy (non-hydrogen) atoms. The van der Waals surface area contributed by atoms with E-state index in [9.17, 15) is 9.18 Å². The SMILES string of the molecule is COC(=O)C1CCCn2c(-c3ccccc3F)nc(Cl)c21. The molecule has 0 saturated carbocycles. The Labute approximate surface area is 126 Å². The minimum Gasteiger partial charge on any atom is -0.469 e. The first-order chi connectivity index (χ1) is 10.1. The molecule has 1 aliphatic heterocycles. The molecule has 6 heteroatoms. The van der Waals surface area contributed by atoms with Gasteiger partial charge in [-0.2, -0.15) is 0 Å². The van der Waals surface area contributed by atoms with Gasteiger partial charge in [0.05, 0.1) is 18.4 Å². The van der Waals surface area contributed by atoms with Crippen molar-refractivity contribution in [3.8, 4) is 11.4 Å². The van der Waals surface area contributed by atoms with Gasteiger partial charge in [-0.15, -0.1) is 0 Å². The number of hydrogen-bond acceptors (Lipinski definition) is 3. The van der Waals surface area contributed by atoms with Gasteiger partial charge >= 0.3 is 5.97 Å². The van der Waals surface area contributed by atoms with Gasteiger partial charge in [-0.25, -0.2) is 9.37 Å². The molecule has 0 saturated heterocycles. The number of carbonyl (C=O) groups excluding carboxylic acids is 1. The minimum atomic E-state index is -0.440. The van der Waals surface area contributed by atoms with Crippen LogP contribution >= 0.6 is 11.6 Å². The van der Waals surface area contributed by atoms with Crippen LogP contribution in [0.15, 0.2) is 24.3 Å². The van der Waals surface area contributed by atoms with Crippen molar-refractivity contribution in [2.45, 2.75) is 25.3 Å². The number of methoxy groups -OCH3 is 1. The van der Waals surface area contributed by atoms with Gasteiger partial charge in [0.2, 0.25) is 0 Å². The van der Waals surface area contributed by atoms with Crippen molar-refractivity contribution in [3.63, 3.8) is 0 Å². The van der Waals surface area contributed by atoms with E-state index in [1.807, 2.05) is 4.57 Å². The predicted octanol–water partition coefficient (Wildman–Crippen LogP) is 3.39. The van der Waals surface area contributed by atoms with Crippen LogP contribution in [0.25, 0.3) is 11.4 Å². The first-order valence-electron chi connectivity index (χ1n) is 6.72. The first kappa shape index (κ1) is 14.1. The Morgan fingerprint density at radius 1 is 1.48 bits per heavy atom. The van der Waals surface area contributed by atoms with Gasteiger partial charge in [0.1, 0.15) is 17.6 Å². The first-order valence-corrected chi connectivity index (χ1v) is 7.10. The van der Waals surface area contributed by atoms with Crippen LogP contribution in [0.3, 0.4) is 0 Å². The Morgan fingerprint density at radius 2 is 2.24 bits per heavy atom. The highest BCUT2D eigenvalue weighted by molar-refractivity contribution is 6.30. The van der Waals surface area contributed by atoms with Crippen LogP contribution in [0, 0.1) is 5.82 Å². The number of imidazole rings is 1. The zero-order valence-corrected chi connectivity index (χ0v) is 12.2. The summed E-state index contributed by atoms with van der Waals surface area (Å²) in [5.74, 6) is -0.675. The highest BCUT2D eigenvalue weighted by Gasteiger charge is 2.33. The number of benzene rings is 1. The van der Waals surface area contributed by atoms with E-state index in [4.69, 9.17) is 16.3 Å². The quantitative estimate of drug-likeness (QED) is 0.799. The largest absolute Gasteiger partial charge is 0.469 e. The fourth-order valence-corrected chi connectivity index (χ4v) is 3.12. The van der Waals surface area contributed by atoms with E-state index in [0.29, 0.717) is 30.0 Å². The van der Waals surface area contributed by atoms with E-state index in [-0.39, 0.29) is 16.9 Å². The lowest BCUT2D eigenvalue weighted by atomic mass is 9.96. The maximum atomic E-state index is 14.0. The molecule has 1 aromatic heterocycles. The van der Waals surface area contributed by atoms with Crippen LogP contribution in [-0.2, 0) is 16.1 Å². The fraction of sp³-hybridized carbons (Fsp3) is 0.333. The third-order valence-electron chi connectivity index (χ3n) is 3.77. The van der Waals surface area contributed by atoms with Crippen molar-refractivity contribution in [1.82, 2.24) is 9.55 Å². The zero-order chi connectivity index (χ0) is 15.0. The Morgan fingerprint density at radius 3 is 2.95 bits per heavy atom. The van der Waals surface area contributed by atoms with Crippen molar-refractivity contribution in [1.29, 1.82) is 0 Å². The van der Waals surface area contributed by atoms with Gasteiger partial charge < -0.3 is 9.30 Å². The Balaban J connectivity index is 2.15. The third-order valence-corrected chi connectivity index (χ3v) is 4.05. The summed E-state index contributed by atoms with van der Waals surface area (Å²) >= 11 is 6.20. The van der Waals surface area contributed by atoms with Crippen molar-refractivity contribution in [2.24, 2.45) is 0 Å². The van der Waals surface area contributed by atoms with E-state index < -0.39 is 5.92 Å². The van der Waals surface area contributed by atoms with Crippen LogP contribution in [0.1, 0.15) is 24.5 Å². The maximum Gasteiger partial charge on any atom is 0.314 e. The molecular formula is C15H14ClFN2O2. The standard InChI is InChI=1S/C15H14ClFN2O2/c1-21-15(20)10-6-4-8-19-12(10)13(16)18-14(19)9-5-2-3-7-11(9)17/h2-3,5,7,10H,4,6,8H2,1H3. The molecule has 1 aromatic carbocycles. The number of hydrogen-bond donors (Lipinski definition) is 0. The summed E-state index contributed by atoms with van der Waals surface area (Å²) in [5, 5.41) is 0.239. The summed E-state index contributed by atoms with van der Waals surface area (Å²) in [5.41, 5.74) is 1.00. The second-order valence-corrected chi connectivity index (χ2v) is 5.32. The number of aromatic nitrogens is 2. The van der Waals surface area contributed by atoms with Crippen LogP contribution < -0.4 is 0 Å². The van der Waals surface area contributed by atoms with E-state index in [1.54, 1.807) is 18.2 Å². The van der Waals surface area contributed by atoms with Crippen molar-refractivity contribution >= 4 is 17.6 Å². The number of halogens is 2. The van der Waals surface area contributed by atoms with Crippen LogP contribution in [0.5, 0.6) is 0 Å². The average molecular weight is 309 g/mol. The lowest BCUT2D eigenvalue weighted by Crippen LogP contribution is -2.23. The van der Waals surface area contributed by atoms with E-state index >= 15 is 0 Å². The maximum absolute atomic E-state index is 14.0. The normalized spacial score (nSPS) is 17.4. The van der Waals surface area contributed by atoms with Gasteiger partial charge in [0.25, 0.3) is 0 Å². The Kier molecular flexibility index (Phi) is 3.68. The topological polar surface area (TPSA) is 44.1 Å². The molecule has 4 nitrogen and oxygen atoms in total. The number of carbonyl (C=O) groups is 1. The summed E-state index contributed by atoms with van der Waals surface area (Å²) in [7, 11) is 1.35. The molecule has 2 heterocycles. The predicted molar refractivity (Wildman–Crippen MR) is 76.6 cm³/mol. The monoisotopic (exact) mass is 308 g/mol. The molecule has 0 fully saturated rings. The molecule has 3 rings (SSSR count). The molecule has 1 aliphatic rings. The summed E-state index contributed by atoms with van der Waals surface area (Å²) in [4.78, 5) is 16.2. The fourth-order valence-electron chi connectivity index (χ4n) is 2.80. The summed E-state index contributed by atoms with van der Waals surface area (Å²) in [6.45, 7) is 0.659. The van der Waals surface area contributed by atoms with E-state index in [1.165, 1.54) is 13.2 Å².